The molecule has 2 unspecified atom stereocenters. The van der Waals surface area contributed by atoms with E-state index >= 15 is 0 Å². The maximum atomic E-state index is 13.5. The van der Waals surface area contributed by atoms with Crippen molar-refractivity contribution in [1.82, 2.24) is 30.4 Å². The Bertz CT molecular complexity index is 983. The van der Waals surface area contributed by atoms with E-state index in [2.05, 4.69) is 39.2 Å². The van der Waals surface area contributed by atoms with Gasteiger partial charge in [-0.1, -0.05) is 20.3 Å². The third-order valence-electron chi connectivity index (χ3n) is 9.10. The summed E-state index contributed by atoms with van der Waals surface area (Å²) in [5.41, 5.74) is -1.23. The molecule has 3 heterocycles. The Morgan fingerprint density at radius 1 is 0.837 bits per heavy atom. The molecule has 3 rings (SSSR count). The standard InChI is InChI=1S/C31H54N6O6/c1-23-8-7-9-24(2)36(23)22-30(3,4)29(42)31(5,6)33-14-12-25(38)32-15-17-35-20-18-34(19-21-35)16-13-28(41)43-37-26(39)10-11-27(37)40/h23-24,33H,7-22H2,1-6H3,(H,32,38)/i12+1,25+1,33+1. The zero-order valence-corrected chi connectivity index (χ0v) is 27.2. The van der Waals surface area contributed by atoms with Crippen LogP contribution in [0.3, 0.4) is 0 Å². The third-order valence-corrected chi connectivity index (χ3v) is 9.10. The van der Waals surface area contributed by atoms with Crippen molar-refractivity contribution in [2.45, 2.75) is 104 Å². The van der Waals surface area contributed by atoms with Crippen LogP contribution in [0.2, 0.25) is 0 Å². The lowest BCUT2D eigenvalue weighted by Gasteiger charge is -2.44. The van der Waals surface area contributed by atoms with Crippen molar-refractivity contribution in [3.8, 4) is 0 Å². The minimum Gasteiger partial charge on any atom is -0.355 e. The van der Waals surface area contributed by atoms with E-state index in [4.69, 9.17) is 4.84 Å². The maximum Gasteiger partial charge on any atom is 0.334 e. The first-order chi connectivity index (χ1) is 20.2. The second kappa shape index (κ2) is 15.5. The van der Waals surface area contributed by atoms with Crippen LogP contribution in [0.5, 0.6) is 0 Å². The Morgan fingerprint density at radius 3 is 1.98 bits per heavy atom. The van der Waals surface area contributed by atoms with Gasteiger partial charge in [0.25, 0.3) is 11.8 Å². The molecule has 0 bridgehead atoms. The molecule has 2 atom stereocenters. The second-order valence-corrected chi connectivity index (χ2v) is 13.6. The summed E-state index contributed by atoms with van der Waals surface area (Å²) in [7, 11) is 0. The first kappa shape index (κ1) is 35.1. The number of Topliss-reactive ketones (excluding diaryl/α,β-unsaturated/α-hetero) is 1. The van der Waals surface area contributed by atoms with Crippen LogP contribution in [0.4, 0.5) is 0 Å². The molecule has 2 N–H and O–H groups in total. The van der Waals surface area contributed by atoms with E-state index in [0.717, 1.165) is 39.3 Å². The van der Waals surface area contributed by atoms with Gasteiger partial charge in [-0.25, -0.2) is 4.79 Å². The van der Waals surface area contributed by atoms with Crippen molar-refractivity contribution in [3.63, 3.8) is 0 Å². The van der Waals surface area contributed by atoms with Gasteiger partial charge in [0.15, 0.2) is 5.78 Å². The Morgan fingerprint density at radius 2 is 1.40 bits per heavy atom. The Labute approximate surface area is 257 Å². The van der Waals surface area contributed by atoms with E-state index in [1.807, 2.05) is 27.7 Å². The number of likely N-dealkylation sites (tertiary alicyclic amines) is 1. The summed E-state index contributed by atoms with van der Waals surface area (Å²) in [6, 6.07) is 0.968. The number of ketones is 1. The summed E-state index contributed by atoms with van der Waals surface area (Å²) in [6.45, 7) is 18.6. The van der Waals surface area contributed by atoms with Crippen LogP contribution in [-0.2, 0) is 28.8 Å². The van der Waals surface area contributed by atoms with E-state index in [0.29, 0.717) is 43.2 Å². The Hall–Kier alpha value is -2.41. The largest absolute Gasteiger partial charge is 0.355 e. The summed E-state index contributed by atoms with van der Waals surface area (Å²) >= 11 is 0. The molecule has 0 aromatic rings. The fraction of sp³-hybridized carbons (Fsp3) is 0.839. The fourth-order valence-corrected chi connectivity index (χ4v) is 6.46. The summed E-state index contributed by atoms with van der Waals surface area (Å²) < 4.78 is 0. The zero-order valence-electron chi connectivity index (χ0n) is 27.2. The first-order valence-electron chi connectivity index (χ1n) is 16.0. The van der Waals surface area contributed by atoms with Crippen molar-refractivity contribution in [2.75, 3.05) is 58.9 Å². The van der Waals surface area contributed by atoms with Gasteiger partial charge in [-0.15, -0.1) is 5.06 Å². The molecule has 244 valence electrons. The molecule has 12 heteroatoms. The molecule has 3 amide bonds. The second-order valence-electron chi connectivity index (χ2n) is 13.6. The number of hydrogen-bond acceptors (Lipinski definition) is 10. The number of piperazine rings is 1. The van der Waals surface area contributed by atoms with Crippen molar-refractivity contribution in [1.29, 1.82) is 0 Å². The number of nitrogens with one attached hydrogen (secondary N) is 2. The van der Waals surface area contributed by atoms with Crippen molar-refractivity contribution < 1.29 is 28.8 Å². The molecule has 0 spiro atoms. The summed E-state index contributed by atoms with van der Waals surface area (Å²) in [4.78, 5) is 73.0. The van der Waals surface area contributed by atoms with Crippen LogP contribution in [0, 0.1) is 5.41 Å². The molecule has 0 saturated carbocycles. The smallest absolute Gasteiger partial charge is 0.334 e. The number of imide groups is 1. The van der Waals surface area contributed by atoms with Gasteiger partial charge in [-0.3, -0.25) is 29.0 Å². The molecule has 3 aliphatic heterocycles. The minimum absolute atomic E-state index is 0.0434. The lowest BCUT2D eigenvalue weighted by molar-refractivity contribution is -0.197. The average molecular weight is 610 g/mol. The van der Waals surface area contributed by atoms with E-state index in [1.54, 1.807) is 0 Å². The highest BCUT2D eigenvalue weighted by Gasteiger charge is 2.41. The highest BCUT2D eigenvalue weighted by Crippen LogP contribution is 2.31. The lowest BCUT2D eigenvalue weighted by atomic mass is 9.78. The highest BCUT2D eigenvalue weighted by molar-refractivity contribution is 6.01. The fourth-order valence-electron chi connectivity index (χ4n) is 6.46. The Kier molecular flexibility index (Phi) is 12.7. The van der Waals surface area contributed by atoms with Crippen LogP contribution >= 0.6 is 0 Å². The van der Waals surface area contributed by atoms with E-state index in [1.165, 1.54) is 19.3 Å². The number of piperidine rings is 1. The number of hydroxylamine groups is 2. The van der Waals surface area contributed by atoms with Gasteiger partial charge in [-0.2, -0.15) is 0 Å². The van der Waals surface area contributed by atoms with Crippen LogP contribution in [0.1, 0.15) is 86.5 Å². The molecule has 12 nitrogen and oxygen atoms in total. The number of carbonyl (C=O) groups excluding carboxylic acids is 5. The minimum atomic E-state index is -0.731. The molecule has 3 aliphatic rings. The monoisotopic (exact) mass is 609 g/mol. The van der Waals surface area contributed by atoms with Crippen LogP contribution < -0.4 is 10.6 Å². The molecular weight excluding hydrogens is 555 g/mol. The SMILES string of the molecule is CC1CCCC(C)N1CC(C)(C)C(=O)C(C)(C)[15NH]C[13CH2][13C](=O)NCCN1CCN(CCC(=O)ON2C(=O)CCC2=O)CC1. The number of carbonyl (C=O) groups is 5. The van der Waals surface area contributed by atoms with Gasteiger partial charge < -0.3 is 20.4 Å². The molecule has 43 heavy (non-hydrogen) atoms. The van der Waals surface area contributed by atoms with Gasteiger partial charge in [-0.05, 0) is 40.5 Å². The van der Waals surface area contributed by atoms with Gasteiger partial charge in [0.2, 0.25) is 5.91 Å². The topological polar surface area (TPSA) is 132 Å². The van der Waals surface area contributed by atoms with E-state index in [9.17, 15) is 24.0 Å². The van der Waals surface area contributed by atoms with E-state index < -0.39 is 28.7 Å². The summed E-state index contributed by atoms with van der Waals surface area (Å²) in [6.07, 6.45) is 4.17. The maximum absolute atomic E-state index is 13.5. The normalized spacial score (nSPS) is 23.1. The third kappa shape index (κ3) is 10.3. The molecule has 0 aromatic carbocycles. The number of nitrogens with zero attached hydrogens (tertiary/aromatic N) is 4. The van der Waals surface area contributed by atoms with Crippen LogP contribution in [0.25, 0.3) is 0 Å². The number of rotatable bonds is 15. The quantitative estimate of drug-likeness (QED) is 0.159. The van der Waals surface area contributed by atoms with Crippen molar-refractivity contribution >= 4 is 29.5 Å². The summed E-state index contributed by atoms with van der Waals surface area (Å²) in [5, 5.41) is 6.90. The zero-order chi connectivity index (χ0) is 31.8. The van der Waals surface area contributed by atoms with Crippen molar-refractivity contribution in [2.24, 2.45) is 5.41 Å². The van der Waals surface area contributed by atoms with Gasteiger partial charge in [0, 0.05) is 95.7 Å². The molecule has 0 aromatic heterocycles. The first-order valence-corrected chi connectivity index (χ1v) is 16.0. The molecular formula is C31H54N6O6. The van der Waals surface area contributed by atoms with Crippen LogP contribution in [-0.4, -0.2) is 126 Å². The predicted molar refractivity (Wildman–Crippen MR) is 163 cm³/mol. The van der Waals surface area contributed by atoms with Gasteiger partial charge >= 0.3 is 5.97 Å². The van der Waals surface area contributed by atoms with Crippen molar-refractivity contribution in [3.05, 3.63) is 0 Å². The molecule has 0 aliphatic carbocycles. The van der Waals surface area contributed by atoms with Gasteiger partial charge in [0.1, 0.15) is 0 Å². The summed E-state index contributed by atoms with van der Waals surface area (Å²) in [5.74, 6) is -1.40. The number of amides is 3. The number of hydrogen-bond donors (Lipinski definition) is 2. The van der Waals surface area contributed by atoms with Gasteiger partial charge in [0.05, 0.1) is 12.0 Å². The predicted octanol–water partition coefficient (Wildman–Crippen LogP) is 1.33. The van der Waals surface area contributed by atoms with E-state index in [-0.39, 0.29) is 31.0 Å². The molecule has 3 fully saturated rings. The highest BCUT2D eigenvalue weighted by atomic mass is 16.7. The Balaban J connectivity index is 1.27. The lowest BCUT2D eigenvalue weighted by Crippen LogP contribution is -2.57. The molecule has 3 saturated heterocycles. The molecule has 0 radical (unpaired) electrons. The van der Waals surface area contributed by atoms with Crippen LogP contribution in [0.15, 0.2) is 0 Å². The average Bonchev–Trinajstić information content (AvgIpc) is 3.26.